The molecule has 0 saturated heterocycles. The van der Waals surface area contributed by atoms with Crippen LogP contribution >= 0.6 is 0 Å². The van der Waals surface area contributed by atoms with Gasteiger partial charge in [0.15, 0.2) is 6.10 Å². The molecular formula is C62H90O6. The van der Waals surface area contributed by atoms with E-state index in [1.165, 1.54) is 32.1 Å². The van der Waals surface area contributed by atoms with Crippen molar-refractivity contribution >= 4 is 17.9 Å². The quantitative estimate of drug-likeness (QED) is 0.0199. The molecule has 0 amide bonds. The molecule has 0 aliphatic heterocycles. The fraction of sp³-hybridized carbons (Fsp3) is 0.468. The second-order valence-electron chi connectivity index (χ2n) is 16.3. The predicted molar refractivity (Wildman–Crippen MR) is 292 cm³/mol. The number of carbonyl (C=O) groups is 3. The zero-order chi connectivity index (χ0) is 49.3. The molecule has 0 bridgehead atoms. The third kappa shape index (κ3) is 51.5. The Morgan fingerprint density at radius 1 is 0.309 bits per heavy atom. The second-order valence-corrected chi connectivity index (χ2v) is 16.3. The van der Waals surface area contributed by atoms with Crippen molar-refractivity contribution in [2.75, 3.05) is 13.2 Å². The summed E-state index contributed by atoms with van der Waals surface area (Å²) in [5, 5.41) is 0. The maximum atomic E-state index is 12.8. The van der Waals surface area contributed by atoms with Crippen LogP contribution in [0.3, 0.4) is 0 Å². The molecule has 0 rings (SSSR count). The lowest BCUT2D eigenvalue weighted by atomic mass is 10.1. The first-order valence-corrected chi connectivity index (χ1v) is 26.0. The Labute approximate surface area is 414 Å². The monoisotopic (exact) mass is 931 g/mol. The summed E-state index contributed by atoms with van der Waals surface area (Å²) in [6.07, 6.45) is 81.5. The van der Waals surface area contributed by atoms with Crippen LogP contribution in [0.15, 0.2) is 182 Å². The molecule has 0 aromatic rings. The molecular weight excluding hydrogens is 841 g/mol. The minimum atomic E-state index is -0.836. The van der Waals surface area contributed by atoms with E-state index < -0.39 is 6.10 Å². The van der Waals surface area contributed by atoms with Gasteiger partial charge < -0.3 is 14.2 Å². The summed E-state index contributed by atoms with van der Waals surface area (Å²) in [4.78, 5) is 38.0. The van der Waals surface area contributed by atoms with E-state index in [9.17, 15) is 14.4 Å². The lowest BCUT2D eigenvalue weighted by Gasteiger charge is -2.18. The van der Waals surface area contributed by atoms with Crippen LogP contribution in [0.4, 0.5) is 0 Å². The number of rotatable bonds is 43. The van der Waals surface area contributed by atoms with Crippen LogP contribution in [0.25, 0.3) is 0 Å². The second kappa shape index (κ2) is 54.1. The van der Waals surface area contributed by atoms with Crippen LogP contribution < -0.4 is 0 Å². The molecule has 374 valence electrons. The Balaban J connectivity index is 4.66. The predicted octanol–water partition coefficient (Wildman–Crippen LogP) is 17.4. The molecule has 0 aliphatic carbocycles. The Morgan fingerprint density at radius 2 is 0.588 bits per heavy atom. The third-order valence-electron chi connectivity index (χ3n) is 10.0. The number of hydrogen-bond acceptors (Lipinski definition) is 6. The average molecular weight is 931 g/mol. The summed E-state index contributed by atoms with van der Waals surface area (Å²) in [6.45, 7) is 6.20. The van der Waals surface area contributed by atoms with Gasteiger partial charge >= 0.3 is 17.9 Å². The van der Waals surface area contributed by atoms with Gasteiger partial charge in [-0.2, -0.15) is 0 Å². The Bertz CT molecular complexity index is 1680. The molecule has 6 nitrogen and oxygen atoms in total. The first-order valence-electron chi connectivity index (χ1n) is 26.0. The molecule has 0 saturated carbocycles. The van der Waals surface area contributed by atoms with E-state index >= 15 is 0 Å². The highest BCUT2D eigenvalue weighted by Crippen LogP contribution is 2.12. The van der Waals surface area contributed by atoms with Gasteiger partial charge in [-0.3, -0.25) is 14.4 Å². The largest absolute Gasteiger partial charge is 0.462 e. The molecule has 0 N–H and O–H groups in total. The number of hydrogen-bond donors (Lipinski definition) is 0. The van der Waals surface area contributed by atoms with Crippen molar-refractivity contribution in [1.29, 1.82) is 0 Å². The lowest BCUT2D eigenvalue weighted by Crippen LogP contribution is -2.30. The van der Waals surface area contributed by atoms with Crippen LogP contribution in [-0.2, 0) is 28.6 Å². The summed E-state index contributed by atoms with van der Waals surface area (Å²) in [7, 11) is 0. The minimum Gasteiger partial charge on any atom is -0.462 e. The molecule has 0 aliphatic rings. The molecule has 0 fully saturated rings. The van der Waals surface area contributed by atoms with E-state index in [1.807, 2.05) is 146 Å². The summed E-state index contributed by atoms with van der Waals surface area (Å²) in [6, 6.07) is 0. The summed E-state index contributed by atoms with van der Waals surface area (Å²) in [5.41, 5.74) is 0. The first-order chi connectivity index (χ1) is 33.5. The van der Waals surface area contributed by atoms with Gasteiger partial charge in [0.1, 0.15) is 13.2 Å². The van der Waals surface area contributed by atoms with Crippen molar-refractivity contribution in [2.45, 2.75) is 175 Å². The Hall–Kier alpha value is -5.49. The molecule has 0 aromatic heterocycles. The van der Waals surface area contributed by atoms with Crippen molar-refractivity contribution in [2.24, 2.45) is 0 Å². The summed E-state index contributed by atoms with van der Waals surface area (Å²) < 4.78 is 16.7. The topological polar surface area (TPSA) is 78.9 Å². The van der Waals surface area contributed by atoms with Gasteiger partial charge in [0.05, 0.1) is 0 Å². The van der Waals surface area contributed by atoms with E-state index in [2.05, 4.69) is 57.2 Å². The zero-order valence-electron chi connectivity index (χ0n) is 42.5. The maximum absolute atomic E-state index is 12.8. The summed E-state index contributed by atoms with van der Waals surface area (Å²) >= 11 is 0. The van der Waals surface area contributed by atoms with E-state index in [1.54, 1.807) is 0 Å². The molecule has 0 heterocycles. The smallest absolute Gasteiger partial charge is 0.306 e. The van der Waals surface area contributed by atoms with E-state index in [4.69, 9.17) is 14.2 Å². The van der Waals surface area contributed by atoms with E-state index in [0.717, 1.165) is 83.5 Å². The van der Waals surface area contributed by atoms with Crippen LogP contribution in [0.2, 0.25) is 0 Å². The molecule has 68 heavy (non-hydrogen) atoms. The van der Waals surface area contributed by atoms with Crippen molar-refractivity contribution in [3.63, 3.8) is 0 Å². The van der Waals surface area contributed by atoms with E-state index in [0.29, 0.717) is 19.3 Å². The molecule has 0 radical (unpaired) electrons. The van der Waals surface area contributed by atoms with Crippen molar-refractivity contribution in [3.8, 4) is 0 Å². The number of carbonyl (C=O) groups excluding carboxylic acids is 3. The van der Waals surface area contributed by atoms with Crippen LogP contribution in [-0.4, -0.2) is 37.2 Å². The highest BCUT2D eigenvalue weighted by Gasteiger charge is 2.19. The van der Waals surface area contributed by atoms with Gasteiger partial charge in [-0.05, 0) is 83.5 Å². The SMILES string of the molecule is CC\C=C/C=C\C=C/C=C\C=C\C=C/C=C\CCCCCC(=O)OCC(COC(=O)CCCCCCC/C=C\CCCCC)OC(=O)CCCCC\C=C/C=C\C=C\C=C/C=C\C=C/C=C\CC. The van der Waals surface area contributed by atoms with Crippen LogP contribution in [0, 0.1) is 0 Å². The van der Waals surface area contributed by atoms with E-state index in [-0.39, 0.29) is 44.0 Å². The van der Waals surface area contributed by atoms with Crippen LogP contribution in [0.1, 0.15) is 168 Å². The maximum Gasteiger partial charge on any atom is 0.306 e. The van der Waals surface area contributed by atoms with Gasteiger partial charge in [0, 0.05) is 19.3 Å². The number of esters is 3. The van der Waals surface area contributed by atoms with Gasteiger partial charge in [0.2, 0.25) is 0 Å². The zero-order valence-corrected chi connectivity index (χ0v) is 42.5. The number of allylic oxidation sites excluding steroid dienone is 30. The molecule has 1 atom stereocenters. The number of unbranched alkanes of at least 4 members (excludes halogenated alkanes) is 14. The Morgan fingerprint density at radius 3 is 0.956 bits per heavy atom. The lowest BCUT2D eigenvalue weighted by molar-refractivity contribution is -0.167. The third-order valence-corrected chi connectivity index (χ3v) is 10.0. The normalized spacial score (nSPS) is 13.6. The van der Waals surface area contributed by atoms with Gasteiger partial charge in [-0.25, -0.2) is 0 Å². The van der Waals surface area contributed by atoms with Crippen molar-refractivity contribution < 1.29 is 28.6 Å². The Kier molecular flexibility index (Phi) is 49.7. The molecule has 6 heteroatoms. The van der Waals surface area contributed by atoms with Crippen LogP contribution in [0.5, 0.6) is 0 Å². The standard InChI is InChI=1S/C62H90O6/c1-4-7-10-13-16-19-22-25-27-29-31-33-35-37-40-43-46-49-52-55-61(64)67-58-59(57-66-60(63)54-51-48-45-42-39-24-21-18-15-12-9-6-3)68-62(65)56-53-50-47-44-41-38-36-34-32-30-28-26-23-20-17-14-11-8-5-2/h7-8,10-11,13-14,16-23,25-38,40-41,59H,4-6,9,12,15,24,39,42-58H2,1-3H3/b10-7-,11-8-,16-13-,17-14-,21-18-,22-19-,23-20-,27-25-,28-26-,31-29+,32-30+,35-33-,36-34-,40-37-,41-38-. The van der Waals surface area contributed by atoms with Gasteiger partial charge in [-0.1, -0.05) is 248 Å². The van der Waals surface area contributed by atoms with Crippen molar-refractivity contribution in [3.05, 3.63) is 182 Å². The first kappa shape index (κ1) is 62.5. The highest BCUT2D eigenvalue weighted by molar-refractivity contribution is 5.71. The fourth-order valence-electron chi connectivity index (χ4n) is 6.17. The molecule has 0 spiro atoms. The minimum absolute atomic E-state index is 0.127. The molecule has 0 aromatic carbocycles. The van der Waals surface area contributed by atoms with Gasteiger partial charge in [0.25, 0.3) is 0 Å². The van der Waals surface area contributed by atoms with Gasteiger partial charge in [-0.15, -0.1) is 0 Å². The number of ether oxygens (including phenoxy) is 3. The fourth-order valence-corrected chi connectivity index (χ4v) is 6.17. The summed E-state index contributed by atoms with van der Waals surface area (Å²) in [5.74, 6) is -1.05. The van der Waals surface area contributed by atoms with Crippen molar-refractivity contribution in [1.82, 2.24) is 0 Å². The average Bonchev–Trinajstić information content (AvgIpc) is 3.34. The highest BCUT2D eigenvalue weighted by atomic mass is 16.6. The molecule has 1 unspecified atom stereocenters.